The second-order valence-electron chi connectivity index (χ2n) is 6.87. The first-order valence-electron chi connectivity index (χ1n) is 9.82. The fourth-order valence-corrected chi connectivity index (χ4v) is 3.38. The van der Waals surface area contributed by atoms with Gasteiger partial charge in [0, 0.05) is 17.8 Å². The highest BCUT2D eigenvalue weighted by Gasteiger charge is 2.34. The zero-order valence-electron chi connectivity index (χ0n) is 16.3. The van der Waals surface area contributed by atoms with E-state index in [9.17, 15) is 4.79 Å². The van der Waals surface area contributed by atoms with Gasteiger partial charge in [0.2, 0.25) is 0 Å². The maximum absolute atomic E-state index is 13.3. The first-order valence-corrected chi connectivity index (χ1v) is 9.82. The van der Waals surface area contributed by atoms with E-state index >= 15 is 0 Å². The lowest BCUT2D eigenvalue weighted by Gasteiger charge is -2.23. The number of benzene rings is 1. The number of carbonyl (C=O) groups is 1. The Morgan fingerprint density at radius 3 is 2.68 bits per heavy atom. The van der Waals surface area contributed by atoms with E-state index in [2.05, 4.69) is 4.98 Å². The number of fused-ring (bicyclic) bond motifs is 1. The minimum atomic E-state index is 0.0115. The van der Waals surface area contributed by atoms with Crippen LogP contribution in [-0.4, -0.2) is 39.4 Å². The largest absolute Gasteiger partial charge is 0.490 e. The molecule has 1 amide bonds. The van der Waals surface area contributed by atoms with Crippen LogP contribution in [0.5, 0.6) is 11.5 Å². The van der Waals surface area contributed by atoms with Crippen molar-refractivity contribution >= 4 is 11.6 Å². The van der Waals surface area contributed by atoms with E-state index in [-0.39, 0.29) is 11.9 Å². The first-order chi connectivity index (χ1) is 13.7. The summed E-state index contributed by atoms with van der Waals surface area (Å²) in [4.78, 5) is 19.7. The lowest BCUT2D eigenvalue weighted by molar-refractivity contribution is 0.0727. The Kier molecular flexibility index (Phi) is 5.19. The third kappa shape index (κ3) is 3.67. The van der Waals surface area contributed by atoms with Crippen LogP contribution >= 0.6 is 0 Å². The minimum absolute atomic E-state index is 0.0115. The average Bonchev–Trinajstić information content (AvgIpc) is 3.48. The van der Waals surface area contributed by atoms with Gasteiger partial charge in [-0.3, -0.25) is 4.79 Å². The smallest absolute Gasteiger partial charge is 0.254 e. The van der Waals surface area contributed by atoms with Gasteiger partial charge in [-0.2, -0.15) is 0 Å². The van der Waals surface area contributed by atoms with E-state index in [1.54, 1.807) is 6.07 Å². The predicted octanol–water partition coefficient (Wildman–Crippen LogP) is 3.94. The molecule has 0 spiro atoms. The fraction of sp³-hybridized carbons (Fsp3) is 0.364. The van der Waals surface area contributed by atoms with Crippen molar-refractivity contribution in [1.82, 2.24) is 14.3 Å². The van der Waals surface area contributed by atoms with Crippen LogP contribution in [0.4, 0.5) is 0 Å². The third-order valence-electron chi connectivity index (χ3n) is 4.86. The number of imidazole rings is 1. The van der Waals surface area contributed by atoms with Crippen LogP contribution in [0.25, 0.3) is 5.65 Å². The second kappa shape index (κ2) is 7.92. The predicted molar refractivity (Wildman–Crippen MR) is 107 cm³/mol. The number of hydrogen-bond acceptors (Lipinski definition) is 4. The molecule has 0 atom stereocenters. The number of rotatable bonds is 8. The molecule has 1 fully saturated rings. The molecule has 2 aromatic heterocycles. The van der Waals surface area contributed by atoms with Crippen molar-refractivity contribution in [2.24, 2.45) is 0 Å². The van der Waals surface area contributed by atoms with Crippen LogP contribution < -0.4 is 9.47 Å². The summed E-state index contributed by atoms with van der Waals surface area (Å²) in [7, 11) is 0. The highest BCUT2D eigenvalue weighted by atomic mass is 16.5. The van der Waals surface area contributed by atoms with E-state index in [0.717, 1.165) is 24.2 Å². The molecular formula is C22H25N3O3. The van der Waals surface area contributed by atoms with Crippen molar-refractivity contribution in [3.63, 3.8) is 0 Å². The standard InChI is InChI=1S/C22H25N3O3/c1-3-27-19-11-8-16(13-20(19)28-4-2)22(26)25(17-9-10-17)15-18-14-23-21-7-5-6-12-24(18)21/h5-8,11-14,17H,3-4,9-10,15H2,1-2H3. The Morgan fingerprint density at radius 2 is 1.93 bits per heavy atom. The molecule has 1 aromatic carbocycles. The maximum Gasteiger partial charge on any atom is 0.254 e. The summed E-state index contributed by atoms with van der Waals surface area (Å²) in [5, 5.41) is 0. The van der Waals surface area contributed by atoms with Gasteiger partial charge in [0.25, 0.3) is 5.91 Å². The Hall–Kier alpha value is -3.02. The molecule has 0 unspecified atom stereocenters. The van der Waals surface area contributed by atoms with E-state index < -0.39 is 0 Å². The number of nitrogens with zero attached hydrogens (tertiary/aromatic N) is 3. The molecule has 2 heterocycles. The summed E-state index contributed by atoms with van der Waals surface area (Å²) in [5.41, 5.74) is 2.51. The molecule has 3 aromatic rings. The monoisotopic (exact) mass is 379 g/mol. The summed E-state index contributed by atoms with van der Waals surface area (Å²) in [6.07, 6.45) is 5.91. The second-order valence-corrected chi connectivity index (χ2v) is 6.87. The lowest BCUT2D eigenvalue weighted by atomic mass is 10.1. The Bertz CT molecular complexity index is 978. The lowest BCUT2D eigenvalue weighted by Crippen LogP contribution is -2.33. The molecule has 0 aliphatic heterocycles. The molecule has 0 saturated heterocycles. The summed E-state index contributed by atoms with van der Waals surface area (Å²) in [5.74, 6) is 1.29. The molecule has 6 heteroatoms. The third-order valence-corrected chi connectivity index (χ3v) is 4.86. The summed E-state index contributed by atoms with van der Waals surface area (Å²) in [6.45, 7) is 5.46. The quantitative estimate of drug-likeness (QED) is 0.595. The van der Waals surface area contributed by atoms with Gasteiger partial charge in [0.1, 0.15) is 5.65 Å². The average molecular weight is 379 g/mol. The Morgan fingerprint density at radius 1 is 1.14 bits per heavy atom. The molecule has 1 aliphatic rings. The van der Waals surface area contributed by atoms with E-state index in [0.29, 0.717) is 36.8 Å². The van der Waals surface area contributed by atoms with Crippen LogP contribution in [0.1, 0.15) is 42.7 Å². The fourth-order valence-electron chi connectivity index (χ4n) is 3.38. The molecule has 0 bridgehead atoms. The summed E-state index contributed by atoms with van der Waals surface area (Å²) in [6, 6.07) is 11.6. The van der Waals surface area contributed by atoms with Crippen molar-refractivity contribution in [2.45, 2.75) is 39.3 Å². The van der Waals surface area contributed by atoms with Crippen LogP contribution in [-0.2, 0) is 6.54 Å². The molecule has 28 heavy (non-hydrogen) atoms. The minimum Gasteiger partial charge on any atom is -0.490 e. The molecule has 0 N–H and O–H groups in total. The Labute approximate surface area is 164 Å². The van der Waals surface area contributed by atoms with Gasteiger partial charge in [0.15, 0.2) is 11.5 Å². The van der Waals surface area contributed by atoms with Crippen LogP contribution in [0, 0.1) is 0 Å². The van der Waals surface area contributed by atoms with E-state index in [1.165, 1.54) is 0 Å². The van der Waals surface area contributed by atoms with Crippen molar-refractivity contribution in [1.29, 1.82) is 0 Å². The zero-order valence-corrected chi connectivity index (χ0v) is 16.3. The number of aromatic nitrogens is 2. The molecule has 1 saturated carbocycles. The highest BCUT2D eigenvalue weighted by molar-refractivity contribution is 5.95. The maximum atomic E-state index is 13.3. The van der Waals surface area contributed by atoms with Crippen LogP contribution in [0.2, 0.25) is 0 Å². The van der Waals surface area contributed by atoms with E-state index in [4.69, 9.17) is 9.47 Å². The first kappa shape index (κ1) is 18.3. The SMILES string of the molecule is CCOc1ccc(C(=O)N(Cc2cnc3ccccn23)C2CC2)cc1OCC. The number of hydrogen-bond donors (Lipinski definition) is 0. The van der Waals surface area contributed by atoms with Gasteiger partial charge in [-0.1, -0.05) is 6.07 Å². The summed E-state index contributed by atoms with van der Waals surface area (Å²) < 4.78 is 13.3. The topological polar surface area (TPSA) is 56.1 Å². The van der Waals surface area contributed by atoms with Gasteiger partial charge in [-0.25, -0.2) is 4.98 Å². The van der Waals surface area contributed by atoms with Gasteiger partial charge in [0.05, 0.1) is 31.6 Å². The van der Waals surface area contributed by atoms with Gasteiger partial charge < -0.3 is 18.8 Å². The molecule has 4 rings (SSSR count). The molecule has 1 aliphatic carbocycles. The van der Waals surface area contributed by atoms with Crippen molar-refractivity contribution < 1.29 is 14.3 Å². The zero-order chi connectivity index (χ0) is 19.5. The highest BCUT2D eigenvalue weighted by Crippen LogP contribution is 2.33. The number of ether oxygens (including phenoxy) is 2. The van der Waals surface area contributed by atoms with Gasteiger partial charge >= 0.3 is 0 Å². The number of carbonyl (C=O) groups excluding carboxylic acids is 1. The molecular weight excluding hydrogens is 354 g/mol. The summed E-state index contributed by atoms with van der Waals surface area (Å²) >= 11 is 0. The molecule has 146 valence electrons. The number of pyridine rings is 1. The number of amides is 1. The Balaban J connectivity index is 1.61. The van der Waals surface area contributed by atoms with Crippen molar-refractivity contribution in [3.05, 3.63) is 60.0 Å². The van der Waals surface area contributed by atoms with Gasteiger partial charge in [-0.05, 0) is 57.0 Å². The molecule has 6 nitrogen and oxygen atoms in total. The van der Waals surface area contributed by atoms with Crippen LogP contribution in [0.15, 0.2) is 48.8 Å². The molecule has 0 radical (unpaired) electrons. The van der Waals surface area contributed by atoms with Crippen molar-refractivity contribution in [2.75, 3.05) is 13.2 Å². The normalized spacial score (nSPS) is 13.5. The van der Waals surface area contributed by atoms with E-state index in [1.807, 2.05) is 65.9 Å². The van der Waals surface area contributed by atoms with Gasteiger partial charge in [-0.15, -0.1) is 0 Å². The van der Waals surface area contributed by atoms with Crippen LogP contribution in [0.3, 0.4) is 0 Å². The van der Waals surface area contributed by atoms with Crippen molar-refractivity contribution in [3.8, 4) is 11.5 Å².